The molecule has 0 aliphatic carbocycles. The Bertz CT molecular complexity index is 861. The standard InChI is InChI=1S/C21H27N5O2/c1-14-4-6-18(7-5-14)26-13-17(12-19(26)27)21(28)25-10-8-24(9-11-25)20-15(2)22-23-16(20)3/h4-7,17H,8-13H2,1-3H3,(H,22,23). The molecule has 0 radical (unpaired) electrons. The molecule has 7 nitrogen and oxygen atoms in total. The molecule has 1 N–H and O–H groups in total. The molecule has 2 fully saturated rings. The van der Waals surface area contributed by atoms with Crippen LogP contribution in [0.25, 0.3) is 0 Å². The molecule has 28 heavy (non-hydrogen) atoms. The van der Waals surface area contributed by atoms with Crippen molar-refractivity contribution in [2.45, 2.75) is 27.2 Å². The zero-order valence-corrected chi connectivity index (χ0v) is 16.7. The highest BCUT2D eigenvalue weighted by Crippen LogP contribution is 2.28. The molecular formula is C21H27N5O2. The van der Waals surface area contributed by atoms with Gasteiger partial charge in [0.2, 0.25) is 11.8 Å². The quantitative estimate of drug-likeness (QED) is 0.883. The van der Waals surface area contributed by atoms with Gasteiger partial charge in [-0.1, -0.05) is 17.7 Å². The van der Waals surface area contributed by atoms with Crippen molar-refractivity contribution in [3.05, 3.63) is 41.2 Å². The van der Waals surface area contributed by atoms with E-state index in [-0.39, 0.29) is 17.7 Å². The van der Waals surface area contributed by atoms with Gasteiger partial charge in [-0.3, -0.25) is 14.7 Å². The summed E-state index contributed by atoms with van der Waals surface area (Å²) in [6, 6.07) is 7.90. The Balaban J connectivity index is 1.38. The first kappa shape index (κ1) is 18.5. The first-order valence-corrected chi connectivity index (χ1v) is 9.86. The Morgan fingerprint density at radius 1 is 1.07 bits per heavy atom. The molecule has 2 aliphatic heterocycles. The van der Waals surface area contributed by atoms with Crippen LogP contribution in [0, 0.1) is 26.7 Å². The fourth-order valence-corrected chi connectivity index (χ4v) is 4.27. The lowest BCUT2D eigenvalue weighted by molar-refractivity contribution is -0.136. The van der Waals surface area contributed by atoms with Crippen LogP contribution in [0.2, 0.25) is 0 Å². The summed E-state index contributed by atoms with van der Waals surface area (Å²) in [4.78, 5) is 31.4. The van der Waals surface area contributed by atoms with E-state index in [4.69, 9.17) is 0 Å². The molecule has 2 aliphatic rings. The Hall–Kier alpha value is -2.83. The molecule has 2 saturated heterocycles. The fourth-order valence-electron chi connectivity index (χ4n) is 4.27. The summed E-state index contributed by atoms with van der Waals surface area (Å²) in [6.45, 7) is 9.45. The number of carbonyl (C=O) groups excluding carboxylic acids is 2. The number of amides is 2. The second kappa shape index (κ2) is 7.30. The van der Waals surface area contributed by atoms with E-state index in [9.17, 15) is 9.59 Å². The van der Waals surface area contributed by atoms with Gasteiger partial charge in [-0.25, -0.2) is 0 Å². The van der Waals surface area contributed by atoms with Crippen molar-refractivity contribution in [2.24, 2.45) is 5.92 Å². The average molecular weight is 381 g/mol. The lowest BCUT2D eigenvalue weighted by Gasteiger charge is -2.37. The molecular weight excluding hydrogens is 354 g/mol. The van der Waals surface area contributed by atoms with Crippen LogP contribution in [0.4, 0.5) is 11.4 Å². The summed E-state index contributed by atoms with van der Waals surface area (Å²) in [7, 11) is 0. The highest BCUT2D eigenvalue weighted by Gasteiger charge is 2.38. The number of aromatic amines is 1. The van der Waals surface area contributed by atoms with Gasteiger partial charge in [-0.15, -0.1) is 0 Å². The maximum atomic E-state index is 13.0. The van der Waals surface area contributed by atoms with Crippen LogP contribution in [-0.2, 0) is 9.59 Å². The number of carbonyl (C=O) groups is 2. The molecule has 2 amide bonds. The molecule has 2 aromatic rings. The summed E-state index contributed by atoms with van der Waals surface area (Å²) in [5, 5.41) is 7.30. The lowest BCUT2D eigenvalue weighted by atomic mass is 10.1. The van der Waals surface area contributed by atoms with Crippen molar-refractivity contribution in [3.8, 4) is 0 Å². The molecule has 7 heteroatoms. The van der Waals surface area contributed by atoms with Crippen LogP contribution < -0.4 is 9.80 Å². The summed E-state index contributed by atoms with van der Waals surface area (Å²) in [5.41, 5.74) is 5.24. The minimum absolute atomic E-state index is 0.0329. The van der Waals surface area contributed by atoms with Gasteiger partial charge in [0.1, 0.15) is 0 Å². The van der Waals surface area contributed by atoms with Crippen LogP contribution in [0.1, 0.15) is 23.4 Å². The Morgan fingerprint density at radius 2 is 1.75 bits per heavy atom. The smallest absolute Gasteiger partial charge is 0.228 e. The van der Waals surface area contributed by atoms with Gasteiger partial charge in [0.25, 0.3) is 0 Å². The number of piperazine rings is 1. The van der Waals surface area contributed by atoms with Crippen molar-refractivity contribution < 1.29 is 9.59 Å². The first-order valence-electron chi connectivity index (χ1n) is 9.86. The van der Waals surface area contributed by atoms with E-state index in [0.29, 0.717) is 26.1 Å². The highest BCUT2D eigenvalue weighted by atomic mass is 16.2. The van der Waals surface area contributed by atoms with Gasteiger partial charge in [-0.2, -0.15) is 5.10 Å². The van der Waals surface area contributed by atoms with Crippen LogP contribution in [0.3, 0.4) is 0 Å². The SMILES string of the molecule is Cc1ccc(N2CC(C(=O)N3CCN(c4c(C)n[nH]c4C)CC3)CC2=O)cc1. The summed E-state index contributed by atoms with van der Waals surface area (Å²) in [5.74, 6) is -0.119. The average Bonchev–Trinajstić information content (AvgIpc) is 3.24. The van der Waals surface area contributed by atoms with E-state index in [2.05, 4.69) is 15.1 Å². The van der Waals surface area contributed by atoms with Gasteiger partial charge in [0.15, 0.2) is 0 Å². The number of nitrogens with zero attached hydrogens (tertiary/aromatic N) is 4. The highest BCUT2D eigenvalue weighted by molar-refractivity contribution is 6.00. The molecule has 1 aromatic heterocycles. The number of aromatic nitrogens is 2. The Kier molecular flexibility index (Phi) is 4.83. The van der Waals surface area contributed by atoms with Crippen LogP contribution >= 0.6 is 0 Å². The molecule has 3 heterocycles. The zero-order valence-electron chi connectivity index (χ0n) is 16.7. The maximum absolute atomic E-state index is 13.0. The molecule has 1 unspecified atom stereocenters. The Labute approximate surface area is 165 Å². The minimum atomic E-state index is -0.252. The van der Waals surface area contributed by atoms with Crippen LogP contribution in [0.5, 0.6) is 0 Å². The van der Waals surface area contributed by atoms with Crippen molar-refractivity contribution >= 4 is 23.2 Å². The summed E-state index contributed by atoms with van der Waals surface area (Å²) < 4.78 is 0. The predicted octanol–water partition coefficient (Wildman–Crippen LogP) is 2.04. The number of hydrogen-bond acceptors (Lipinski definition) is 4. The summed E-state index contributed by atoms with van der Waals surface area (Å²) >= 11 is 0. The first-order chi connectivity index (χ1) is 13.4. The van der Waals surface area contributed by atoms with Crippen molar-refractivity contribution in [3.63, 3.8) is 0 Å². The maximum Gasteiger partial charge on any atom is 0.228 e. The number of aryl methyl sites for hydroxylation is 3. The number of H-pyrrole nitrogens is 1. The second-order valence-electron chi connectivity index (χ2n) is 7.84. The predicted molar refractivity (Wildman–Crippen MR) is 108 cm³/mol. The normalized spacial score (nSPS) is 20.2. The van der Waals surface area contributed by atoms with Gasteiger partial charge in [0, 0.05) is 44.8 Å². The molecule has 0 saturated carbocycles. The number of anilines is 2. The van der Waals surface area contributed by atoms with Crippen molar-refractivity contribution in [1.82, 2.24) is 15.1 Å². The third kappa shape index (κ3) is 3.37. The number of benzene rings is 1. The molecule has 1 aromatic carbocycles. The molecule has 1 atom stereocenters. The topological polar surface area (TPSA) is 72.5 Å². The fraction of sp³-hybridized carbons (Fsp3) is 0.476. The molecule has 0 bridgehead atoms. The minimum Gasteiger partial charge on any atom is -0.365 e. The Morgan fingerprint density at radius 3 is 2.36 bits per heavy atom. The van der Waals surface area contributed by atoms with E-state index in [1.807, 2.05) is 49.9 Å². The molecule has 0 spiro atoms. The number of nitrogens with one attached hydrogen (secondary N) is 1. The van der Waals surface area contributed by atoms with E-state index in [1.54, 1.807) is 4.90 Å². The van der Waals surface area contributed by atoms with Gasteiger partial charge >= 0.3 is 0 Å². The van der Waals surface area contributed by atoms with Crippen molar-refractivity contribution in [1.29, 1.82) is 0 Å². The van der Waals surface area contributed by atoms with Crippen LogP contribution in [-0.4, -0.2) is 59.6 Å². The van der Waals surface area contributed by atoms with Crippen molar-refractivity contribution in [2.75, 3.05) is 42.5 Å². The number of rotatable bonds is 3. The van der Waals surface area contributed by atoms with Gasteiger partial charge in [-0.05, 0) is 32.9 Å². The van der Waals surface area contributed by atoms with E-state index >= 15 is 0 Å². The van der Waals surface area contributed by atoms with Crippen LogP contribution in [0.15, 0.2) is 24.3 Å². The second-order valence-corrected chi connectivity index (χ2v) is 7.84. The van der Waals surface area contributed by atoms with E-state index < -0.39 is 0 Å². The largest absolute Gasteiger partial charge is 0.365 e. The van der Waals surface area contributed by atoms with Gasteiger partial charge in [0.05, 0.1) is 23.0 Å². The molecule has 148 valence electrons. The van der Waals surface area contributed by atoms with Gasteiger partial charge < -0.3 is 14.7 Å². The third-order valence-electron chi connectivity index (χ3n) is 5.82. The number of hydrogen-bond donors (Lipinski definition) is 1. The summed E-state index contributed by atoms with van der Waals surface area (Å²) in [6.07, 6.45) is 0.298. The van der Waals surface area contributed by atoms with E-state index in [1.165, 1.54) is 0 Å². The zero-order chi connectivity index (χ0) is 19.8. The monoisotopic (exact) mass is 381 g/mol. The third-order valence-corrected chi connectivity index (χ3v) is 5.82. The molecule has 4 rings (SSSR count). The lowest BCUT2D eigenvalue weighted by Crippen LogP contribution is -2.51. The van der Waals surface area contributed by atoms with E-state index in [0.717, 1.165) is 41.4 Å².